The van der Waals surface area contributed by atoms with Crippen LogP contribution in [-0.4, -0.2) is 40.0 Å². The minimum absolute atomic E-state index is 0.0458. The van der Waals surface area contributed by atoms with Gasteiger partial charge in [-0.15, -0.1) is 0 Å². The van der Waals surface area contributed by atoms with Gasteiger partial charge in [0.25, 0.3) is 5.69 Å². The third-order valence-electron chi connectivity index (χ3n) is 4.20. The fourth-order valence-corrected chi connectivity index (χ4v) is 2.74. The van der Waals surface area contributed by atoms with E-state index in [1.165, 1.54) is 11.0 Å². The number of hydrogen-bond acceptors (Lipinski definition) is 4. The molecule has 2 amide bonds. The highest BCUT2D eigenvalue weighted by molar-refractivity contribution is 5.92. The van der Waals surface area contributed by atoms with Gasteiger partial charge < -0.3 is 15.3 Å². The maximum Gasteiger partial charge on any atom is 0.321 e. The number of likely N-dealkylation sites (tertiary alicyclic amines) is 1. The van der Waals surface area contributed by atoms with E-state index in [9.17, 15) is 19.7 Å². The number of aryl methyl sites for hydroxylation is 1. The first-order chi connectivity index (χ1) is 10.8. The predicted molar refractivity (Wildman–Crippen MR) is 83.5 cm³/mol. The topological polar surface area (TPSA) is 113 Å². The molecule has 0 unspecified atom stereocenters. The van der Waals surface area contributed by atoms with Gasteiger partial charge >= 0.3 is 12.0 Å². The molecule has 0 bridgehead atoms. The molecule has 0 atom stereocenters. The smallest absolute Gasteiger partial charge is 0.321 e. The fraction of sp³-hybridized carbons (Fsp3) is 0.467. The number of anilines is 1. The molecule has 1 saturated heterocycles. The number of nitrogens with zero attached hydrogens (tertiary/aromatic N) is 2. The minimum atomic E-state index is -0.838. The Balaban J connectivity index is 2.11. The third-order valence-corrected chi connectivity index (χ3v) is 4.20. The summed E-state index contributed by atoms with van der Waals surface area (Å²) in [6, 6.07) is 2.65. The van der Waals surface area contributed by atoms with Crippen LogP contribution in [0, 0.1) is 29.9 Å². The fourth-order valence-electron chi connectivity index (χ4n) is 2.74. The number of carboxylic acids is 1. The second kappa shape index (κ2) is 6.64. The summed E-state index contributed by atoms with van der Waals surface area (Å²) >= 11 is 0. The number of amides is 2. The number of hydrogen-bond donors (Lipinski definition) is 2. The van der Waals surface area contributed by atoms with E-state index in [1.54, 1.807) is 19.9 Å². The zero-order valence-electron chi connectivity index (χ0n) is 13.0. The molecule has 1 aliphatic rings. The molecule has 1 aromatic rings. The van der Waals surface area contributed by atoms with Gasteiger partial charge in [-0.1, -0.05) is 6.07 Å². The molecule has 0 radical (unpaired) electrons. The lowest BCUT2D eigenvalue weighted by Gasteiger charge is -2.30. The van der Waals surface area contributed by atoms with Crippen molar-refractivity contribution in [2.75, 3.05) is 18.4 Å². The first kappa shape index (κ1) is 16.7. The summed E-state index contributed by atoms with van der Waals surface area (Å²) < 4.78 is 0. The first-order valence-corrected chi connectivity index (χ1v) is 7.34. The van der Waals surface area contributed by atoms with Crippen LogP contribution in [0.1, 0.15) is 24.0 Å². The second-order valence-corrected chi connectivity index (χ2v) is 5.69. The SMILES string of the molecule is Cc1ccc([N+](=O)[O-])c(C)c1NC(=O)N1CCC(C(=O)O)CC1. The molecule has 8 nitrogen and oxygen atoms in total. The first-order valence-electron chi connectivity index (χ1n) is 7.34. The molecule has 2 rings (SSSR count). The molecule has 1 fully saturated rings. The van der Waals surface area contributed by atoms with E-state index in [0.29, 0.717) is 37.2 Å². The van der Waals surface area contributed by atoms with Crippen LogP contribution in [0.15, 0.2) is 12.1 Å². The second-order valence-electron chi connectivity index (χ2n) is 5.69. The molecule has 124 valence electrons. The number of carbonyl (C=O) groups is 2. The summed E-state index contributed by atoms with van der Waals surface area (Å²) in [7, 11) is 0. The Labute approximate surface area is 133 Å². The van der Waals surface area contributed by atoms with E-state index in [1.807, 2.05) is 0 Å². The van der Waals surface area contributed by atoms with Gasteiger partial charge in [-0.3, -0.25) is 14.9 Å². The van der Waals surface area contributed by atoms with Crippen molar-refractivity contribution in [3.8, 4) is 0 Å². The molecule has 0 aromatic heterocycles. The number of carboxylic acid groups (broad SMARTS) is 1. The molecular formula is C15H19N3O5. The summed E-state index contributed by atoms with van der Waals surface area (Å²) in [5, 5.41) is 22.7. The number of urea groups is 1. The van der Waals surface area contributed by atoms with Crippen molar-refractivity contribution >= 4 is 23.4 Å². The largest absolute Gasteiger partial charge is 0.481 e. The summed E-state index contributed by atoms with van der Waals surface area (Å²) in [4.78, 5) is 35.3. The van der Waals surface area contributed by atoms with Gasteiger partial charge in [0.15, 0.2) is 0 Å². The van der Waals surface area contributed by atoms with Crippen LogP contribution in [0.3, 0.4) is 0 Å². The van der Waals surface area contributed by atoms with Crippen LogP contribution in [0.5, 0.6) is 0 Å². The van der Waals surface area contributed by atoms with Crippen LogP contribution >= 0.6 is 0 Å². The van der Waals surface area contributed by atoms with Gasteiger partial charge in [0.05, 0.1) is 22.1 Å². The lowest BCUT2D eigenvalue weighted by atomic mass is 9.97. The van der Waals surface area contributed by atoms with E-state index in [4.69, 9.17) is 5.11 Å². The molecular weight excluding hydrogens is 302 g/mol. The summed E-state index contributed by atoms with van der Waals surface area (Å²) in [6.45, 7) is 4.08. The molecule has 8 heteroatoms. The number of nitrogens with one attached hydrogen (secondary N) is 1. The monoisotopic (exact) mass is 321 g/mol. The molecule has 1 aromatic carbocycles. The van der Waals surface area contributed by atoms with E-state index in [2.05, 4.69) is 5.32 Å². The van der Waals surface area contributed by atoms with Crippen LogP contribution in [0.2, 0.25) is 0 Å². The molecule has 1 heterocycles. The van der Waals surface area contributed by atoms with Crippen molar-refractivity contribution in [3.05, 3.63) is 33.4 Å². The lowest BCUT2D eigenvalue weighted by molar-refractivity contribution is -0.385. The van der Waals surface area contributed by atoms with Crippen molar-refractivity contribution in [2.24, 2.45) is 5.92 Å². The van der Waals surface area contributed by atoms with Gasteiger partial charge in [-0.2, -0.15) is 0 Å². The average molecular weight is 321 g/mol. The van der Waals surface area contributed by atoms with Crippen LogP contribution in [-0.2, 0) is 4.79 Å². The Kier molecular flexibility index (Phi) is 4.83. The number of benzene rings is 1. The molecule has 0 saturated carbocycles. The normalized spacial score (nSPS) is 15.3. The number of rotatable bonds is 3. The Hall–Kier alpha value is -2.64. The highest BCUT2D eigenvalue weighted by Gasteiger charge is 2.27. The van der Waals surface area contributed by atoms with E-state index in [-0.39, 0.29) is 11.7 Å². The van der Waals surface area contributed by atoms with Gasteiger partial charge in [0, 0.05) is 19.2 Å². The molecule has 2 N–H and O–H groups in total. The van der Waals surface area contributed by atoms with Gasteiger partial charge in [0.2, 0.25) is 0 Å². The zero-order chi connectivity index (χ0) is 17.1. The Morgan fingerprint density at radius 1 is 1.30 bits per heavy atom. The van der Waals surface area contributed by atoms with Gasteiger partial charge in [-0.05, 0) is 32.3 Å². The van der Waals surface area contributed by atoms with E-state index < -0.39 is 16.8 Å². The molecule has 1 aliphatic heterocycles. The van der Waals surface area contributed by atoms with Crippen LogP contribution in [0.25, 0.3) is 0 Å². The van der Waals surface area contributed by atoms with Crippen LogP contribution < -0.4 is 5.32 Å². The minimum Gasteiger partial charge on any atom is -0.481 e. The summed E-state index contributed by atoms with van der Waals surface area (Å²) in [5.74, 6) is -1.25. The Morgan fingerprint density at radius 2 is 1.91 bits per heavy atom. The van der Waals surface area contributed by atoms with Gasteiger partial charge in [0.1, 0.15) is 0 Å². The maximum atomic E-state index is 12.3. The molecule has 0 spiro atoms. The number of nitro benzene ring substituents is 1. The lowest BCUT2D eigenvalue weighted by Crippen LogP contribution is -2.42. The quantitative estimate of drug-likeness (QED) is 0.656. The highest BCUT2D eigenvalue weighted by Crippen LogP contribution is 2.29. The Morgan fingerprint density at radius 3 is 2.43 bits per heavy atom. The molecule has 0 aliphatic carbocycles. The Bertz CT molecular complexity index is 651. The molecule has 23 heavy (non-hydrogen) atoms. The standard InChI is InChI=1S/C15H19N3O5/c1-9-3-4-12(18(22)23)10(2)13(9)16-15(21)17-7-5-11(6-8-17)14(19)20/h3-4,11H,5-8H2,1-2H3,(H,16,21)(H,19,20). The van der Waals surface area contributed by atoms with E-state index in [0.717, 1.165) is 5.56 Å². The average Bonchev–Trinajstić information content (AvgIpc) is 2.50. The maximum absolute atomic E-state index is 12.3. The predicted octanol–water partition coefficient (Wildman–Crippen LogP) is 2.54. The van der Waals surface area contributed by atoms with E-state index >= 15 is 0 Å². The third kappa shape index (κ3) is 3.58. The zero-order valence-corrected chi connectivity index (χ0v) is 13.0. The van der Waals surface area contributed by atoms with Crippen molar-refractivity contribution in [3.63, 3.8) is 0 Å². The summed E-state index contributed by atoms with van der Waals surface area (Å²) in [6.07, 6.45) is 0.825. The van der Waals surface area contributed by atoms with Crippen molar-refractivity contribution in [2.45, 2.75) is 26.7 Å². The van der Waals surface area contributed by atoms with Crippen molar-refractivity contribution in [1.82, 2.24) is 4.90 Å². The van der Waals surface area contributed by atoms with Crippen LogP contribution in [0.4, 0.5) is 16.2 Å². The number of nitro groups is 1. The number of carbonyl (C=O) groups excluding carboxylic acids is 1. The summed E-state index contributed by atoms with van der Waals surface area (Å²) in [5.41, 5.74) is 1.53. The number of piperidine rings is 1. The van der Waals surface area contributed by atoms with Crippen molar-refractivity contribution < 1.29 is 19.6 Å². The highest BCUT2D eigenvalue weighted by atomic mass is 16.6. The number of aliphatic carboxylic acids is 1. The van der Waals surface area contributed by atoms with Gasteiger partial charge in [-0.25, -0.2) is 4.79 Å². The van der Waals surface area contributed by atoms with Crippen molar-refractivity contribution in [1.29, 1.82) is 0 Å².